The van der Waals surface area contributed by atoms with Crippen molar-refractivity contribution >= 4 is 22.2 Å². The molecule has 1 aliphatic heterocycles. The first-order valence-electron chi connectivity index (χ1n) is 7.12. The van der Waals surface area contributed by atoms with Gasteiger partial charge in [0.15, 0.2) is 4.77 Å². The molecule has 8 heteroatoms. The molecule has 0 unspecified atom stereocenters. The Balaban J connectivity index is 2.06. The lowest BCUT2D eigenvalue weighted by Gasteiger charge is -2.30. The average Bonchev–Trinajstić information content (AvgIpc) is 2.80. The summed E-state index contributed by atoms with van der Waals surface area (Å²) in [4.78, 5) is 0. The Bertz CT molecular complexity index is 597. The zero-order valence-electron chi connectivity index (χ0n) is 12.0. The second-order valence-corrected chi connectivity index (χ2v) is 7.60. The fraction of sp³-hybridized carbons (Fsp3) is 0.833. The fourth-order valence-electron chi connectivity index (χ4n) is 2.73. The van der Waals surface area contributed by atoms with Gasteiger partial charge in [-0.15, -0.1) is 0 Å². The largest absolute Gasteiger partial charge is 0.304 e. The number of sulfonamides is 1. The Labute approximate surface area is 125 Å². The summed E-state index contributed by atoms with van der Waals surface area (Å²) < 4.78 is 28.3. The number of piperidine rings is 1. The predicted octanol–water partition coefficient (Wildman–Crippen LogP) is 1.88. The van der Waals surface area contributed by atoms with Crippen LogP contribution >= 0.6 is 12.2 Å². The number of hydrogen-bond acceptors (Lipinski definition) is 4. The van der Waals surface area contributed by atoms with E-state index in [0.717, 1.165) is 25.2 Å². The van der Waals surface area contributed by atoms with E-state index in [1.54, 1.807) is 4.31 Å². The molecular formula is C12H22N4O2S2. The van der Waals surface area contributed by atoms with E-state index in [1.165, 1.54) is 0 Å². The van der Waals surface area contributed by atoms with Crippen LogP contribution in [0, 0.1) is 4.77 Å². The molecule has 0 aromatic carbocycles. The lowest BCUT2D eigenvalue weighted by molar-refractivity contribution is 0.309. The van der Waals surface area contributed by atoms with Gasteiger partial charge in [0.1, 0.15) is 5.82 Å². The molecule has 0 saturated carbocycles. The van der Waals surface area contributed by atoms with Crippen LogP contribution in [-0.2, 0) is 16.6 Å². The van der Waals surface area contributed by atoms with Crippen LogP contribution in [0.1, 0.15) is 44.9 Å². The quantitative estimate of drug-likeness (QED) is 0.842. The normalized spacial score (nSPS) is 18.5. The van der Waals surface area contributed by atoms with E-state index in [9.17, 15) is 8.42 Å². The number of hydrogen-bond donors (Lipinski definition) is 1. The van der Waals surface area contributed by atoms with Crippen LogP contribution in [-0.4, -0.2) is 46.3 Å². The van der Waals surface area contributed by atoms with Gasteiger partial charge in [0.05, 0.1) is 5.75 Å². The summed E-state index contributed by atoms with van der Waals surface area (Å²) >= 11 is 5.20. The number of aromatic amines is 1. The zero-order valence-corrected chi connectivity index (χ0v) is 13.6. The van der Waals surface area contributed by atoms with Crippen molar-refractivity contribution in [2.75, 3.05) is 18.8 Å². The molecule has 2 rings (SSSR count). The number of nitrogens with zero attached hydrogens (tertiary/aromatic N) is 3. The van der Waals surface area contributed by atoms with Crippen LogP contribution in [0.2, 0.25) is 0 Å². The van der Waals surface area contributed by atoms with Crippen LogP contribution in [0.25, 0.3) is 0 Å². The van der Waals surface area contributed by atoms with Gasteiger partial charge < -0.3 is 4.57 Å². The highest BCUT2D eigenvalue weighted by Gasteiger charge is 2.30. The highest BCUT2D eigenvalue weighted by atomic mass is 32.2. The first-order chi connectivity index (χ1) is 9.49. The minimum absolute atomic E-state index is 0.241. The second-order valence-electron chi connectivity index (χ2n) is 5.12. The molecular weight excluding hydrogens is 296 g/mol. The highest BCUT2D eigenvalue weighted by Crippen LogP contribution is 2.28. The van der Waals surface area contributed by atoms with Crippen molar-refractivity contribution < 1.29 is 8.42 Å². The third-order valence-electron chi connectivity index (χ3n) is 3.78. The summed E-state index contributed by atoms with van der Waals surface area (Å²) in [6.07, 6.45) is 2.28. The molecule has 2 heterocycles. The molecule has 1 fully saturated rings. The Hall–Kier alpha value is -0.730. The summed E-state index contributed by atoms with van der Waals surface area (Å²) in [7, 11) is -3.07. The maximum absolute atomic E-state index is 12.0. The Kier molecular flexibility index (Phi) is 4.98. The lowest BCUT2D eigenvalue weighted by atomic mass is 9.97. The number of aromatic nitrogens is 3. The molecule has 1 N–H and O–H groups in total. The summed E-state index contributed by atoms with van der Waals surface area (Å²) in [5.74, 6) is 1.49. The fourth-order valence-corrected chi connectivity index (χ4v) is 4.54. The maximum atomic E-state index is 12.0. The first kappa shape index (κ1) is 15.7. The predicted molar refractivity (Wildman–Crippen MR) is 80.7 cm³/mol. The van der Waals surface area contributed by atoms with Crippen LogP contribution in [0.5, 0.6) is 0 Å². The average molecular weight is 318 g/mol. The van der Waals surface area contributed by atoms with Crippen molar-refractivity contribution in [3.63, 3.8) is 0 Å². The zero-order chi connectivity index (χ0) is 14.8. The molecule has 114 valence electrons. The third kappa shape index (κ3) is 3.12. The SMILES string of the molecule is CCCS(=O)(=O)N1CCC(c2n[nH]c(=S)n2CC)CC1. The van der Waals surface area contributed by atoms with Gasteiger partial charge in [-0.1, -0.05) is 6.92 Å². The summed E-state index contributed by atoms with van der Waals surface area (Å²) in [6, 6.07) is 0. The van der Waals surface area contributed by atoms with Crippen molar-refractivity contribution in [2.24, 2.45) is 0 Å². The second kappa shape index (κ2) is 6.36. The number of nitrogens with one attached hydrogen (secondary N) is 1. The highest BCUT2D eigenvalue weighted by molar-refractivity contribution is 7.89. The molecule has 6 nitrogen and oxygen atoms in total. The smallest absolute Gasteiger partial charge is 0.214 e. The van der Waals surface area contributed by atoms with Crippen LogP contribution in [0.15, 0.2) is 0 Å². The Morgan fingerprint density at radius 1 is 1.35 bits per heavy atom. The Morgan fingerprint density at radius 3 is 2.55 bits per heavy atom. The summed E-state index contributed by atoms with van der Waals surface area (Å²) in [5, 5.41) is 7.14. The molecule has 0 spiro atoms. The summed E-state index contributed by atoms with van der Waals surface area (Å²) in [6.45, 7) is 5.88. The van der Waals surface area contributed by atoms with Gasteiger partial charge in [-0.2, -0.15) is 5.10 Å². The third-order valence-corrected chi connectivity index (χ3v) is 6.17. The molecule has 0 bridgehead atoms. The molecule has 0 aliphatic carbocycles. The molecule has 1 aromatic heterocycles. The standard InChI is InChI=1S/C12H22N4O2S2/c1-3-9-20(17,18)15-7-5-10(6-8-15)11-13-14-12(19)16(11)4-2/h10H,3-9H2,1-2H3,(H,14,19). The molecule has 1 saturated heterocycles. The molecule has 1 aromatic rings. The minimum atomic E-state index is -3.07. The van der Waals surface area contributed by atoms with E-state index in [-0.39, 0.29) is 11.7 Å². The van der Waals surface area contributed by atoms with Crippen LogP contribution < -0.4 is 0 Å². The van der Waals surface area contributed by atoms with Crippen molar-refractivity contribution in [3.8, 4) is 0 Å². The van der Waals surface area contributed by atoms with Crippen LogP contribution in [0.3, 0.4) is 0 Å². The number of H-pyrrole nitrogens is 1. The van der Waals surface area contributed by atoms with Gasteiger partial charge in [0.25, 0.3) is 0 Å². The van der Waals surface area contributed by atoms with Crippen molar-refractivity contribution in [3.05, 3.63) is 10.6 Å². The molecule has 20 heavy (non-hydrogen) atoms. The van der Waals surface area contributed by atoms with Crippen LogP contribution in [0.4, 0.5) is 0 Å². The topological polar surface area (TPSA) is 71.0 Å². The van der Waals surface area contributed by atoms with Crippen molar-refractivity contribution in [1.82, 2.24) is 19.1 Å². The molecule has 1 aliphatic rings. The monoisotopic (exact) mass is 318 g/mol. The maximum Gasteiger partial charge on any atom is 0.214 e. The van der Waals surface area contributed by atoms with Gasteiger partial charge >= 0.3 is 0 Å². The van der Waals surface area contributed by atoms with Gasteiger partial charge in [-0.25, -0.2) is 12.7 Å². The van der Waals surface area contributed by atoms with Gasteiger partial charge in [-0.05, 0) is 38.4 Å². The summed E-state index contributed by atoms with van der Waals surface area (Å²) in [5.41, 5.74) is 0. The van der Waals surface area contributed by atoms with Gasteiger partial charge in [0, 0.05) is 25.6 Å². The number of rotatable bonds is 5. The lowest BCUT2D eigenvalue weighted by Crippen LogP contribution is -2.39. The van der Waals surface area contributed by atoms with Crippen molar-refractivity contribution in [2.45, 2.75) is 45.6 Å². The molecule has 0 atom stereocenters. The van der Waals surface area contributed by atoms with E-state index in [2.05, 4.69) is 10.2 Å². The van der Waals surface area contributed by atoms with E-state index in [1.807, 2.05) is 18.4 Å². The molecule has 0 amide bonds. The minimum Gasteiger partial charge on any atom is -0.304 e. The van der Waals surface area contributed by atoms with E-state index < -0.39 is 10.0 Å². The van der Waals surface area contributed by atoms with E-state index >= 15 is 0 Å². The van der Waals surface area contributed by atoms with Gasteiger partial charge in [-0.3, -0.25) is 5.10 Å². The van der Waals surface area contributed by atoms with Crippen molar-refractivity contribution in [1.29, 1.82) is 0 Å². The van der Waals surface area contributed by atoms with E-state index in [4.69, 9.17) is 12.2 Å². The van der Waals surface area contributed by atoms with E-state index in [0.29, 0.717) is 24.3 Å². The first-order valence-corrected chi connectivity index (χ1v) is 9.14. The molecule has 0 radical (unpaired) electrons. The Morgan fingerprint density at radius 2 is 2.00 bits per heavy atom. The van der Waals surface area contributed by atoms with Gasteiger partial charge in [0.2, 0.25) is 10.0 Å².